The highest BCUT2D eigenvalue weighted by molar-refractivity contribution is 6.06. The molecule has 3 aromatic carbocycles. The van der Waals surface area contributed by atoms with Gasteiger partial charge in [-0.05, 0) is 55.5 Å². The molecule has 6 nitrogen and oxygen atoms in total. The van der Waals surface area contributed by atoms with E-state index in [0.717, 1.165) is 5.56 Å². The van der Waals surface area contributed by atoms with Crippen LogP contribution in [0.25, 0.3) is 0 Å². The first-order chi connectivity index (χ1) is 14.0. The third-order valence-corrected chi connectivity index (χ3v) is 4.39. The van der Waals surface area contributed by atoms with E-state index in [1.54, 1.807) is 36.4 Å². The number of fused-ring (bicyclic) bond motifs is 1. The van der Waals surface area contributed by atoms with Gasteiger partial charge in [0.1, 0.15) is 5.82 Å². The molecule has 1 heterocycles. The number of rotatable bonds is 4. The molecular formula is C22H17FN2O4. The Morgan fingerprint density at radius 1 is 0.862 bits per heavy atom. The average molecular weight is 392 g/mol. The van der Waals surface area contributed by atoms with Crippen molar-refractivity contribution < 1.29 is 23.5 Å². The lowest BCUT2D eigenvalue weighted by Gasteiger charge is -2.11. The van der Waals surface area contributed by atoms with Crippen molar-refractivity contribution in [2.24, 2.45) is 0 Å². The van der Waals surface area contributed by atoms with Crippen molar-refractivity contribution in [1.29, 1.82) is 0 Å². The van der Waals surface area contributed by atoms with Crippen LogP contribution in [0.1, 0.15) is 26.3 Å². The molecule has 2 N–H and O–H groups in total. The largest absolute Gasteiger partial charge is 0.454 e. The van der Waals surface area contributed by atoms with Gasteiger partial charge in [0.05, 0.1) is 5.69 Å². The van der Waals surface area contributed by atoms with Gasteiger partial charge in [-0.15, -0.1) is 0 Å². The summed E-state index contributed by atoms with van der Waals surface area (Å²) >= 11 is 0. The molecule has 4 rings (SSSR count). The van der Waals surface area contributed by atoms with Crippen LogP contribution in [-0.4, -0.2) is 18.6 Å². The number of nitrogens with one attached hydrogen (secondary N) is 2. The van der Waals surface area contributed by atoms with Crippen molar-refractivity contribution in [3.63, 3.8) is 0 Å². The molecule has 0 radical (unpaired) electrons. The van der Waals surface area contributed by atoms with Gasteiger partial charge in [-0.2, -0.15) is 0 Å². The number of halogens is 1. The molecule has 146 valence electrons. The van der Waals surface area contributed by atoms with E-state index in [-0.39, 0.29) is 12.5 Å². The Kier molecular flexibility index (Phi) is 4.87. The van der Waals surface area contributed by atoms with E-state index in [2.05, 4.69) is 10.6 Å². The van der Waals surface area contributed by atoms with Gasteiger partial charge in [-0.3, -0.25) is 9.59 Å². The number of amides is 2. The number of hydrogen-bond acceptors (Lipinski definition) is 4. The minimum atomic E-state index is -0.605. The zero-order valence-corrected chi connectivity index (χ0v) is 15.5. The van der Waals surface area contributed by atoms with Crippen LogP contribution >= 0.6 is 0 Å². The van der Waals surface area contributed by atoms with E-state index in [1.165, 1.54) is 18.2 Å². The highest BCUT2D eigenvalue weighted by Crippen LogP contribution is 2.32. The Labute approximate surface area is 166 Å². The summed E-state index contributed by atoms with van der Waals surface area (Å²) in [4.78, 5) is 24.9. The molecule has 7 heteroatoms. The average Bonchev–Trinajstić information content (AvgIpc) is 3.18. The van der Waals surface area contributed by atoms with E-state index in [4.69, 9.17) is 9.47 Å². The zero-order valence-electron chi connectivity index (χ0n) is 15.5. The summed E-state index contributed by atoms with van der Waals surface area (Å²) < 4.78 is 24.7. The second-order valence-electron chi connectivity index (χ2n) is 6.54. The maximum absolute atomic E-state index is 14.2. The smallest absolute Gasteiger partial charge is 0.255 e. The van der Waals surface area contributed by atoms with Crippen LogP contribution < -0.4 is 20.1 Å². The number of anilines is 2. The number of ether oxygens (including phenoxy) is 2. The molecule has 1 aliphatic heterocycles. The first-order valence-corrected chi connectivity index (χ1v) is 8.88. The lowest BCUT2D eigenvalue weighted by atomic mass is 10.1. The van der Waals surface area contributed by atoms with E-state index < -0.39 is 17.6 Å². The summed E-state index contributed by atoms with van der Waals surface area (Å²) in [5.41, 5.74) is 2.01. The Morgan fingerprint density at radius 3 is 2.45 bits per heavy atom. The molecule has 0 spiro atoms. The monoisotopic (exact) mass is 392 g/mol. The van der Waals surface area contributed by atoms with Gasteiger partial charge in [0.15, 0.2) is 11.5 Å². The maximum atomic E-state index is 14.2. The van der Waals surface area contributed by atoms with Crippen LogP contribution in [0.4, 0.5) is 15.8 Å². The van der Waals surface area contributed by atoms with Gasteiger partial charge in [0.25, 0.3) is 11.8 Å². The summed E-state index contributed by atoms with van der Waals surface area (Å²) in [6.07, 6.45) is 0. The lowest BCUT2D eigenvalue weighted by Crippen LogP contribution is -2.15. The summed E-state index contributed by atoms with van der Waals surface area (Å²) in [5.74, 6) is -0.378. The van der Waals surface area contributed by atoms with Crippen LogP contribution in [-0.2, 0) is 0 Å². The summed E-state index contributed by atoms with van der Waals surface area (Å²) in [7, 11) is 0. The minimum absolute atomic E-state index is 0.0278. The Balaban J connectivity index is 1.50. The number of hydrogen-bond donors (Lipinski definition) is 2. The van der Waals surface area contributed by atoms with Crippen molar-refractivity contribution in [1.82, 2.24) is 0 Å². The third kappa shape index (κ3) is 4.03. The topological polar surface area (TPSA) is 76.7 Å². The van der Waals surface area contributed by atoms with Crippen molar-refractivity contribution in [3.8, 4) is 11.5 Å². The van der Waals surface area contributed by atoms with Gasteiger partial charge >= 0.3 is 0 Å². The number of carbonyl (C=O) groups is 2. The summed E-state index contributed by atoms with van der Waals surface area (Å²) in [6, 6.07) is 15.8. The highest BCUT2D eigenvalue weighted by Gasteiger charge is 2.17. The van der Waals surface area contributed by atoms with Crippen molar-refractivity contribution in [2.75, 3.05) is 17.4 Å². The van der Waals surface area contributed by atoms with Crippen LogP contribution in [0.2, 0.25) is 0 Å². The standard InChI is InChI=1S/C22H17FN2O4/c1-13-3-2-4-14(9-13)22(27)25-18-11-16(6-7-17(18)23)24-21(26)15-5-8-19-20(10-15)29-12-28-19/h2-11H,12H2,1H3,(H,24,26)(H,25,27). The van der Waals surface area contributed by atoms with E-state index in [1.807, 2.05) is 13.0 Å². The van der Waals surface area contributed by atoms with Gasteiger partial charge in [-0.25, -0.2) is 4.39 Å². The van der Waals surface area contributed by atoms with E-state index in [0.29, 0.717) is 28.3 Å². The van der Waals surface area contributed by atoms with Crippen LogP contribution in [0.3, 0.4) is 0 Å². The molecule has 0 saturated heterocycles. The Bertz CT molecular complexity index is 1110. The fourth-order valence-corrected chi connectivity index (χ4v) is 2.92. The van der Waals surface area contributed by atoms with E-state index >= 15 is 0 Å². The molecule has 0 unspecified atom stereocenters. The van der Waals surface area contributed by atoms with Gasteiger partial charge in [0, 0.05) is 16.8 Å². The van der Waals surface area contributed by atoms with Crippen LogP contribution in [0.5, 0.6) is 11.5 Å². The molecule has 0 fully saturated rings. The molecule has 0 aromatic heterocycles. The Hall–Kier alpha value is -3.87. The third-order valence-electron chi connectivity index (χ3n) is 4.39. The fraction of sp³-hybridized carbons (Fsp3) is 0.0909. The predicted molar refractivity (Wildman–Crippen MR) is 106 cm³/mol. The lowest BCUT2D eigenvalue weighted by molar-refractivity contribution is 0.101. The van der Waals surface area contributed by atoms with Crippen molar-refractivity contribution in [3.05, 3.63) is 83.2 Å². The normalized spacial score (nSPS) is 11.8. The van der Waals surface area contributed by atoms with Crippen molar-refractivity contribution in [2.45, 2.75) is 6.92 Å². The second-order valence-corrected chi connectivity index (χ2v) is 6.54. The van der Waals surface area contributed by atoms with Gasteiger partial charge in [-0.1, -0.05) is 17.7 Å². The first kappa shape index (κ1) is 18.5. The van der Waals surface area contributed by atoms with Crippen LogP contribution in [0.15, 0.2) is 60.7 Å². The molecule has 0 saturated carbocycles. The predicted octanol–water partition coefficient (Wildman–Crippen LogP) is 4.37. The minimum Gasteiger partial charge on any atom is -0.454 e. The summed E-state index contributed by atoms with van der Waals surface area (Å²) in [5, 5.41) is 5.23. The van der Waals surface area contributed by atoms with Crippen LogP contribution in [0, 0.1) is 12.7 Å². The first-order valence-electron chi connectivity index (χ1n) is 8.88. The molecule has 0 atom stereocenters. The molecule has 2 amide bonds. The van der Waals surface area contributed by atoms with Crippen molar-refractivity contribution >= 4 is 23.2 Å². The molecule has 1 aliphatic rings. The summed E-state index contributed by atoms with van der Waals surface area (Å²) in [6.45, 7) is 1.98. The number of aryl methyl sites for hydroxylation is 1. The molecule has 0 bridgehead atoms. The SMILES string of the molecule is Cc1cccc(C(=O)Nc2cc(NC(=O)c3ccc4c(c3)OCO4)ccc2F)c1. The molecule has 3 aromatic rings. The fourth-order valence-electron chi connectivity index (χ4n) is 2.92. The second kappa shape index (κ2) is 7.63. The molecule has 29 heavy (non-hydrogen) atoms. The zero-order chi connectivity index (χ0) is 20.4. The quantitative estimate of drug-likeness (QED) is 0.691. The maximum Gasteiger partial charge on any atom is 0.255 e. The Morgan fingerprint density at radius 2 is 1.62 bits per heavy atom. The highest BCUT2D eigenvalue weighted by atomic mass is 19.1. The molecule has 0 aliphatic carbocycles. The van der Waals surface area contributed by atoms with Gasteiger partial charge in [0.2, 0.25) is 6.79 Å². The van der Waals surface area contributed by atoms with Gasteiger partial charge < -0.3 is 20.1 Å². The van der Waals surface area contributed by atoms with E-state index in [9.17, 15) is 14.0 Å². The molecular weight excluding hydrogens is 375 g/mol. The number of carbonyl (C=O) groups excluding carboxylic acids is 2. The number of benzene rings is 3.